The van der Waals surface area contributed by atoms with Crippen molar-refractivity contribution in [2.75, 3.05) is 6.54 Å². The van der Waals surface area contributed by atoms with Gasteiger partial charge in [0.05, 0.1) is 11.6 Å². The van der Waals surface area contributed by atoms with Gasteiger partial charge in [-0.1, -0.05) is 75.2 Å². The Morgan fingerprint density at radius 3 is 2.17 bits per heavy atom. The molecule has 2 unspecified atom stereocenters. The Hall–Kier alpha value is -0.843. The molecule has 0 radical (unpaired) electrons. The molecule has 5 heteroatoms. The predicted molar refractivity (Wildman–Crippen MR) is 132 cm³/mol. The molecule has 0 N–H and O–H groups in total. The summed E-state index contributed by atoms with van der Waals surface area (Å²) in [5.41, 5.74) is 2.05. The van der Waals surface area contributed by atoms with Crippen LogP contribution in [-0.2, 0) is 9.96 Å². The minimum Gasteiger partial charge on any atom is -0.408 e. The smallest absolute Gasteiger partial charge is 0.193 e. The third-order valence-electron chi connectivity index (χ3n) is 7.09. The highest BCUT2D eigenvalue weighted by atomic mass is 35.5. The summed E-state index contributed by atoms with van der Waals surface area (Å²) in [5, 5.41) is 1.60. The van der Waals surface area contributed by atoms with Crippen LogP contribution in [0.3, 0.4) is 0 Å². The predicted octanol–water partition coefficient (Wildman–Crippen LogP) is 8.07. The minimum atomic E-state index is -2.07. The summed E-state index contributed by atoms with van der Waals surface area (Å²) in [6.45, 7) is 17.2. The fraction of sp³-hybridized carbons (Fsp3) is 0.520. The van der Waals surface area contributed by atoms with E-state index in [4.69, 9.17) is 27.6 Å². The molecule has 2 nitrogen and oxygen atoms in total. The molecule has 0 aliphatic carbocycles. The maximum Gasteiger partial charge on any atom is 0.193 e. The first kappa shape index (κ1) is 23.8. The molecule has 164 valence electrons. The van der Waals surface area contributed by atoms with Crippen LogP contribution in [0.25, 0.3) is 0 Å². The third kappa shape index (κ3) is 4.66. The molecule has 0 aromatic heterocycles. The molecule has 2 aromatic carbocycles. The van der Waals surface area contributed by atoms with Gasteiger partial charge in [-0.25, -0.2) is 0 Å². The zero-order valence-electron chi connectivity index (χ0n) is 19.3. The Kier molecular flexibility index (Phi) is 6.82. The molecule has 1 aliphatic rings. The van der Waals surface area contributed by atoms with Gasteiger partial charge in [-0.05, 0) is 66.9 Å². The van der Waals surface area contributed by atoms with Crippen LogP contribution in [0.15, 0.2) is 48.5 Å². The molecular formula is C25H35Cl2NOSi. The minimum absolute atomic E-state index is 0.105. The average Bonchev–Trinajstić information content (AvgIpc) is 3.46. The van der Waals surface area contributed by atoms with E-state index in [-0.39, 0.29) is 16.7 Å². The molecule has 1 saturated heterocycles. The second-order valence-electron chi connectivity index (χ2n) is 10.2. The number of rotatable bonds is 7. The average molecular weight is 465 g/mol. The Bertz CT molecular complexity index is 877. The van der Waals surface area contributed by atoms with Crippen molar-refractivity contribution in [3.8, 4) is 0 Å². The quantitative estimate of drug-likeness (QED) is 0.303. The van der Waals surface area contributed by atoms with Crippen molar-refractivity contribution >= 4 is 31.5 Å². The second-order valence-corrected chi connectivity index (χ2v) is 15.8. The summed E-state index contributed by atoms with van der Waals surface area (Å²) in [6, 6.07) is 17.0. The van der Waals surface area contributed by atoms with Gasteiger partial charge in [-0.2, -0.15) is 0 Å². The first-order valence-corrected chi connectivity index (χ1v) is 14.5. The van der Waals surface area contributed by atoms with Crippen LogP contribution in [0.2, 0.25) is 28.2 Å². The molecule has 4 atom stereocenters. The Balaban J connectivity index is 2.17. The van der Waals surface area contributed by atoms with Crippen molar-refractivity contribution in [1.29, 1.82) is 0 Å². The van der Waals surface area contributed by atoms with E-state index in [9.17, 15) is 0 Å². The van der Waals surface area contributed by atoms with Crippen molar-refractivity contribution in [3.05, 3.63) is 69.7 Å². The van der Waals surface area contributed by atoms with Crippen LogP contribution in [-0.4, -0.2) is 25.8 Å². The first-order valence-electron chi connectivity index (χ1n) is 10.9. The Morgan fingerprint density at radius 2 is 1.67 bits per heavy atom. The SMILES string of the molecule is CCC1CN1[C@](C)(c1ccc(Cl)cc1)[C@@H](O[Si](C)(C)C(C)(C)C)c1cccc(Cl)c1. The lowest BCUT2D eigenvalue weighted by Crippen LogP contribution is -2.49. The van der Waals surface area contributed by atoms with Crippen molar-refractivity contribution in [2.24, 2.45) is 0 Å². The highest BCUT2D eigenvalue weighted by Gasteiger charge is 2.54. The molecule has 1 fully saturated rings. The molecule has 0 spiro atoms. The largest absolute Gasteiger partial charge is 0.408 e. The third-order valence-corrected chi connectivity index (χ3v) is 12.0. The van der Waals surface area contributed by atoms with Gasteiger partial charge in [0.25, 0.3) is 0 Å². The highest BCUT2D eigenvalue weighted by molar-refractivity contribution is 6.74. The van der Waals surface area contributed by atoms with E-state index in [0.29, 0.717) is 6.04 Å². The van der Waals surface area contributed by atoms with E-state index >= 15 is 0 Å². The fourth-order valence-corrected chi connectivity index (χ4v) is 5.63. The summed E-state index contributed by atoms with van der Waals surface area (Å²) >= 11 is 12.7. The van der Waals surface area contributed by atoms with Crippen LogP contribution >= 0.6 is 23.2 Å². The molecule has 0 bridgehead atoms. The van der Waals surface area contributed by atoms with E-state index in [1.54, 1.807) is 0 Å². The summed E-state index contributed by atoms with van der Waals surface area (Å²) in [4.78, 5) is 2.58. The normalized spacial score (nSPS) is 22.4. The van der Waals surface area contributed by atoms with E-state index in [1.807, 2.05) is 24.3 Å². The Labute approximate surface area is 193 Å². The lowest BCUT2D eigenvalue weighted by Gasteiger charge is -2.47. The zero-order chi connectivity index (χ0) is 22.3. The molecular weight excluding hydrogens is 429 g/mol. The monoisotopic (exact) mass is 463 g/mol. The summed E-state index contributed by atoms with van der Waals surface area (Å²) in [6.07, 6.45) is 1.00. The molecule has 1 heterocycles. The zero-order valence-corrected chi connectivity index (χ0v) is 21.8. The van der Waals surface area contributed by atoms with Gasteiger partial charge in [-0.3, -0.25) is 4.90 Å². The van der Waals surface area contributed by atoms with Crippen LogP contribution in [0.1, 0.15) is 58.3 Å². The first-order chi connectivity index (χ1) is 13.9. The van der Waals surface area contributed by atoms with Gasteiger partial charge < -0.3 is 4.43 Å². The maximum atomic E-state index is 7.19. The van der Waals surface area contributed by atoms with Crippen molar-refractivity contribution in [2.45, 2.75) is 76.9 Å². The topological polar surface area (TPSA) is 12.2 Å². The maximum absolute atomic E-state index is 7.19. The number of hydrogen-bond acceptors (Lipinski definition) is 2. The van der Waals surface area contributed by atoms with Crippen LogP contribution < -0.4 is 0 Å². The van der Waals surface area contributed by atoms with E-state index < -0.39 is 8.32 Å². The molecule has 2 aromatic rings. The van der Waals surface area contributed by atoms with Crippen LogP contribution in [0, 0.1) is 0 Å². The van der Waals surface area contributed by atoms with Gasteiger partial charge in [0, 0.05) is 22.6 Å². The van der Waals surface area contributed by atoms with Crippen molar-refractivity contribution in [1.82, 2.24) is 4.90 Å². The van der Waals surface area contributed by atoms with Crippen LogP contribution in [0.5, 0.6) is 0 Å². The van der Waals surface area contributed by atoms with E-state index in [2.05, 4.69) is 76.9 Å². The van der Waals surface area contributed by atoms with Gasteiger partial charge in [0.2, 0.25) is 0 Å². The van der Waals surface area contributed by atoms with E-state index in [1.165, 1.54) is 5.56 Å². The summed E-state index contributed by atoms with van der Waals surface area (Å²) in [7, 11) is -2.07. The summed E-state index contributed by atoms with van der Waals surface area (Å²) in [5.74, 6) is 0. The van der Waals surface area contributed by atoms with Gasteiger partial charge in [-0.15, -0.1) is 0 Å². The number of nitrogens with zero attached hydrogens (tertiary/aromatic N) is 1. The standard InChI is InChI=1S/C25H35Cl2NOSi/c1-8-22-17-28(22)25(5,19-12-14-20(26)15-13-19)23(18-10-9-11-21(27)16-18)29-30(6,7)24(2,3)4/h9-16,22-23H,8,17H2,1-7H3/t22?,23-,25+,28?/m0/s1. The molecule has 0 amide bonds. The molecule has 3 rings (SSSR count). The molecule has 30 heavy (non-hydrogen) atoms. The fourth-order valence-electron chi connectivity index (χ4n) is 4.00. The molecule has 1 aliphatic heterocycles. The van der Waals surface area contributed by atoms with Crippen molar-refractivity contribution in [3.63, 3.8) is 0 Å². The van der Waals surface area contributed by atoms with Crippen LogP contribution in [0.4, 0.5) is 0 Å². The van der Waals surface area contributed by atoms with Gasteiger partial charge in [0.1, 0.15) is 0 Å². The van der Waals surface area contributed by atoms with Gasteiger partial charge in [0.15, 0.2) is 8.32 Å². The number of benzene rings is 2. The second kappa shape index (κ2) is 8.59. The van der Waals surface area contributed by atoms with Gasteiger partial charge >= 0.3 is 0 Å². The van der Waals surface area contributed by atoms with Crippen molar-refractivity contribution < 1.29 is 4.43 Å². The highest BCUT2D eigenvalue weighted by Crippen LogP contribution is 2.52. The lowest BCUT2D eigenvalue weighted by atomic mass is 9.82. The summed E-state index contributed by atoms with van der Waals surface area (Å²) < 4.78 is 7.19. The molecule has 0 saturated carbocycles. The number of hydrogen-bond donors (Lipinski definition) is 0. The van der Waals surface area contributed by atoms with E-state index in [0.717, 1.165) is 28.6 Å². The lowest BCUT2D eigenvalue weighted by molar-refractivity contribution is 0.0320. The Morgan fingerprint density at radius 1 is 1.03 bits per heavy atom. The number of halogens is 2.